The first-order valence-electron chi connectivity index (χ1n) is 7.56. The maximum Gasteiger partial charge on any atom is 0.266 e. The number of phenolic OH excluding ortho intramolecular Hbond substituents is 1. The quantitative estimate of drug-likeness (QED) is 0.692. The average Bonchev–Trinajstić information content (AvgIpc) is 2.98. The summed E-state index contributed by atoms with van der Waals surface area (Å²) in [6.07, 6.45) is 2.17. The molecule has 3 aromatic rings. The number of imidazole rings is 1. The number of nitrogens with zero attached hydrogens (tertiary/aromatic N) is 3. The van der Waals surface area contributed by atoms with E-state index in [9.17, 15) is 18.1 Å². The fourth-order valence-corrected chi connectivity index (χ4v) is 4.59. The molecule has 8 heteroatoms. The molecule has 4 rings (SSSR count). The lowest BCUT2D eigenvalue weighted by atomic mass is 9.97. The van der Waals surface area contributed by atoms with Gasteiger partial charge in [0.1, 0.15) is 11.6 Å². The Balaban J connectivity index is 2.02. The zero-order valence-corrected chi connectivity index (χ0v) is 14.1. The lowest BCUT2D eigenvalue weighted by Gasteiger charge is -2.27. The molecule has 0 bridgehead atoms. The molecule has 3 heterocycles. The molecule has 1 atom stereocenters. The Morgan fingerprint density at radius 3 is 2.83 bits per heavy atom. The number of rotatable bonds is 2. The van der Waals surface area contributed by atoms with Gasteiger partial charge in [-0.3, -0.25) is 4.55 Å². The molecule has 1 aliphatic rings. The Morgan fingerprint density at radius 1 is 1.38 bits per heavy atom. The molecule has 0 amide bonds. The van der Waals surface area contributed by atoms with E-state index in [0.29, 0.717) is 12.2 Å². The van der Waals surface area contributed by atoms with Gasteiger partial charge in [0, 0.05) is 18.0 Å². The van der Waals surface area contributed by atoms with E-state index < -0.39 is 16.2 Å². The van der Waals surface area contributed by atoms with Crippen LogP contribution in [0.3, 0.4) is 0 Å². The molecule has 2 N–H and O–H groups in total. The van der Waals surface area contributed by atoms with Crippen LogP contribution in [0.25, 0.3) is 22.3 Å². The fourth-order valence-electron chi connectivity index (χ4n) is 3.83. The topological polar surface area (TPSA) is 97.4 Å². The number of phenols is 1. The summed E-state index contributed by atoms with van der Waals surface area (Å²) in [4.78, 5) is 4.33. The van der Waals surface area contributed by atoms with E-state index >= 15 is 0 Å². The number of hydrogen-bond acceptors (Lipinski definition) is 4. The van der Waals surface area contributed by atoms with Crippen molar-refractivity contribution in [2.24, 2.45) is 7.05 Å². The number of fused-ring (bicyclic) bond motifs is 5. The summed E-state index contributed by atoms with van der Waals surface area (Å²) in [5.41, 5.74) is 3.70. The van der Waals surface area contributed by atoms with Crippen molar-refractivity contribution in [2.45, 2.75) is 19.4 Å². The van der Waals surface area contributed by atoms with Crippen molar-refractivity contribution in [2.75, 3.05) is 5.75 Å². The van der Waals surface area contributed by atoms with Crippen LogP contribution in [0, 0.1) is 6.92 Å². The largest absolute Gasteiger partial charge is 0.508 e. The van der Waals surface area contributed by atoms with E-state index in [4.69, 9.17) is 0 Å². The summed E-state index contributed by atoms with van der Waals surface area (Å²) in [5, 5.41) is 10.7. The van der Waals surface area contributed by atoms with Crippen molar-refractivity contribution >= 4 is 21.0 Å². The van der Waals surface area contributed by atoms with Crippen LogP contribution in [0.2, 0.25) is 0 Å². The lowest BCUT2D eigenvalue weighted by Crippen LogP contribution is -2.26. The molecule has 1 aromatic carbocycles. The first kappa shape index (κ1) is 15.2. The molecular weight excluding hydrogens is 330 g/mol. The molecule has 0 saturated carbocycles. The van der Waals surface area contributed by atoms with Crippen LogP contribution in [0.5, 0.6) is 5.75 Å². The number of aryl methyl sites for hydroxylation is 2. The van der Waals surface area contributed by atoms with Gasteiger partial charge < -0.3 is 14.2 Å². The highest BCUT2D eigenvalue weighted by atomic mass is 32.2. The Labute approximate surface area is 138 Å². The fraction of sp³-hybridized carbons (Fsp3) is 0.312. The van der Waals surface area contributed by atoms with Gasteiger partial charge in [-0.2, -0.15) is 8.42 Å². The summed E-state index contributed by atoms with van der Waals surface area (Å²) >= 11 is 0. The van der Waals surface area contributed by atoms with Gasteiger partial charge in [0.25, 0.3) is 10.1 Å². The monoisotopic (exact) mass is 347 g/mol. The van der Waals surface area contributed by atoms with Crippen molar-refractivity contribution in [1.29, 1.82) is 0 Å². The lowest BCUT2D eigenvalue weighted by molar-refractivity contribution is 0.452. The van der Waals surface area contributed by atoms with Crippen molar-refractivity contribution in [3.8, 4) is 17.1 Å². The Bertz CT molecular complexity index is 1080. The molecule has 0 spiro atoms. The Kier molecular flexibility index (Phi) is 3.07. The van der Waals surface area contributed by atoms with Crippen LogP contribution < -0.4 is 0 Å². The van der Waals surface area contributed by atoms with E-state index in [1.54, 1.807) is 18.3 Å². The maximum atomic E-state index is 11.5. The summed E-state index contributed by atoms with van der Waals surface area (Å²) in [6.45, 7) is 1.82. The third-order valence-corrected chi connectivity index (χ3v) is 5.53. The van der Waals surface area contributed by atoms with E-state index in [0.717, 1.165) is 27.9 Å². The first-order valence-corrected chi connectivity index (χ1v) is 9.17. The molecule has 0 aliphatic carbocycles. The SMILES string of the molecule is Cc1ncc2n1C(CS(=O)(=O)O)Cc1c-2n(C)c2ccc(O)cc12. The summed E-state index contributed by atoms with van der Waals surface area (Å²) in [7, 11) is -2.18. The molecule has 1 aliphatic heterocycles. The van der Waals surface area contributed by atoms with Crippen molar-refractivity contribution in [1.82, 2.24) is 14.1 Å². The summed E-state index contributed by atoms with van der Waals surface area (Å²) < 4.78 is 36.1. The third kappa shape index (κ3) is 2.14. The molecule has 2 aromatic heterocycles. The standard InChI is InChI=1S/C16H17N3O4S/c1-9-17-7-15-16-13(5-10(19(9)15)8-24(21,22)23)12-6-11(20)3-4-14(12)18(16)2/h3-4,6-7,10,20H,5,8H2,1-2H3,(H,21,22,23). The third-order valence-electron chi connectivity index (χ3n) is 4.72. The predicted molar refractivity (Wildman–Crippen MR) is 89.7 cm³/mol. The van der Waals surface area contributed by atoms with Gasteiger partial charge in [-0.1, -0.05) is 0 Å². The van der Waals surface area contributed by atoms with E-state index in [1.807, 2.05) is 29.2 Å². The van der Waals surface area contributed by atoms with Crippen LogP contribution in [0.15, 0.2) is 24.4 Å². The molecule has 7 nitrogen and oxygen atoms in total. The van der Waals surface area contributed by atoms with E-state index in [-0.39, 0.29) is 11.5 Å². The number of aromatic nitrogens is 3. The normalized spacial score (nSPS) is 17.0. The van der Waals surface area contributed by atoms with Gasteiger partial charge in [-0.05, 0) is 37.1 Å². The number of aromatic hydroxyl groups is 1. The minimum Gasteiger partial charge on any atom is -0.508 e. The second-order valence-corrected chi connectivity index (χ2v) is 7.75. The van der Waals surface area contributed by atoms with Crippen LogP contribution in [-0.2, 0) is 23.6 Å². The summed E-state index contributed by atoms with van der Waals surface area (Å²) in [6, 6.07) is 4.73. The van der Waals surface area contributed by atoms with E-state index in [2.05, 4.69) is 4.98 Å². The van der Waals surface area contributed by atoms with Gasteiger partial charge in [0.15, 0.2) is 0 Å². The maximum absolute atomic E-state index is 11.5. The van der Waals surface area contributed by atoms with Crippen LogP contribution in [0.1, 0.15) is 17.4 Å². The molecule has 0 radical (unpaired) electrons. The minimum absolute atomic E-state index is 0.164. The zero-order chi connectivity index (χ0) is 17.2. The van der Waals surface area contributed by atoms with Gasteiger partial charge in [-0.25, -0.2) is 4.98 Å². The smallest absolute Gasteiger partial charge is 0.266 e. The summed E-state index contributed by atoms with van der Waals surface area (Å²) in [5.74, 6) is 0.501. The van der Waals surface area contributed by atoms with Crippen molar-refractivity contribution < 1.29 is 18.1 Å². The van der Waals surface area contributed by atoms with Gasteiger partial charge in [0.2, 0.25) is 0 Å². The van der Waals surface area contributed by atoms with Crippen molar-refractivity contribution in [3.63, 3.8) is 0 Å². The van der Waals surface area contributed by atoms with E-state index in [1.165, 1.54) is 0 Å². The molecule has 1 unspecified atom stereocenters. The Morgan fingerprint density at radius 2 is 2.12 bits per heavy atom. The van der Waals surface area contributed by atoms with Gasteiger partial charge in [-0.15, -0.1) is 0 Å². The highest BCUT2D eigenvalue weighted by Crippen LogP contribution is 2.42. The number of hydrogen-bond donors (Lipinski definition) is 2. The number of benzene rings is 1. The highest BCUT2D eigenvalue weighted by Gasteiger charge is 2.33. The van der Waals surface area contributed by atoms with Crippen LogP contribution in [-0.4, -0.2) is 37.9 Å². The second-order valence-electron chi connectivity index (χ2n) is 6.25. The minimum atomic E-state index is -4.12. The predicted octanol–water partition coefficient (Wildman–Crippen LogP) is 2.04. The molecular formula is C16H17N3O4S. The molecule has 24 heavy (non-hydrogen) atoms. The molecule has 0 saturated heterocycles. The zero-order valence-electron chi connectivity index (χ0n) is 13.3. The average molecular weight is 347 g/mol. The second kappa shape index (κ2) is 4.84. The van der Waals surface area contributed by atoms with Crippen LogP contribution >= 0.6 is 0 Å². The van der Waals surface area contributed by atoms with Gasteiger partial charge >= 0.3 is 0 Å². The highest BCUT2D eigenvalue weighted by molar-refractivity contribution is 7.85. The molecule has 126 valence electrons. The molecule has 0 fully saturated rings. The first-order chi connectivity index (χ1) is 11.3. The van der Waals surface area contributed by atoms with Crippen molar-refractivity contribution in [3.05, 3.63) is 35.8 Å². The van der Waals surface area contributed by atoms with Gasteiger partial charge in [0.05, 0.1) is 29.4 Å². The van der Waals surface area contributed by atoms with Crippen LogP contribution in [0.4, 0.5) is 0 Å². The Hall–Kier alpha value is -2.32.